The number of hydrogen-bond acceptors (Lipinski definition) is 9. The molecule has 2 saturated heterocycles. The molecular formula is C28H39N3O8. The molecule has 0 atom stereocenters. The fraction of sp³-hybridized carbons (Fsp3) is 0.500. The maximum absolute atomic E-state index is 9.10. The van der Waals surface area contributed by atoms with Crippen LogP contribution in [0.15, 0.2) is 36.4 Å². The number of anilines is 1. The largest absolute Gasteiger partial charge is 0.496 e. The summed E-state index contributed by atoms with van der Waals surface area (Å²) < 4.78 is 22.1. The molecule has 2 aromatic carbocycles. The van der Waals surface area contributed by atoms with Gasteiger partial charge in [0.05, 0.1) is 34.1 Å². The van der Waals surface area contributed by atoms with Crippen LogP contribution in [0.3, 0.4) is 0 Å². The van der Waals surface area contributed by atoms with Crippen LogP contribution in [0.25, 0.3) is 0 Å². The van der Waals surface area contributed by atoms with Gasteiger partial charge in [0.15, 0.2) is 11.5 Å². The predicted molar refractivity (Wildman–Crippen MR) is 146 cm³/mol. The highest BCUT2D eigenvalue weighted by Gasteiger charge is 2.28. The molecule has 4 rings (SSSR count). The van der Waals surface area contributed by atoms with E-state index in [1.165, 1.54) is 18.5 Å². The lowest BCUT2D eigenvalue weighted by Gasteiger charge is -2.43. The van der Waals surface area contributed by atoms with Crippen molar-refractivity contribution in [1.29, 1.82) is 0 Å². The van der Waals surface area contributed by atoms with Gasteiger partial charge >= 0.3 is 11.9 Å². The number of benzene rings is 2. The van der Waals surface area contributed by atoms with Gasteiger partial charge in [-0.1, -0.05) is 12.1 Å². The first-order chi connectivity index (χ1) is 18.8. The molecule has 0 amide bonds. The van der Waals surface area contributed by atoms with E-state index in [4.69, 9.17) is 38.7 Å². The first kappa shape index (κ1) is 29.9. The van der Waals surface area contributed by atoms with Gasteiger partial charge in [0, 0.05) is 50.4 Å². The number of carbonyl (C=O) groups is 2. The summed E-state index contributed by atoms with van der Waals surface area (Å²) in [6, 6.07) is 13.0. The highest BCUT2D eigenvalue weighted by Crippen LogP contribution is 2.36. The zero-order chi connectivity index (χ0) is 28.4. The summed E-state index contributed by atoms with van der Waals surface area (Å²) >= 11 is 0. The summed E-state index contributed by atoms with van der Waals surface area (Å²) in [5, 5.41) is 14.8. The molecule has 0 radical (unpaired) electrons. The van der Waals surface area contributed by atoms with Gasteiger partial charge in [-0.05, 0) is 44.1 Å². The normalized spacial score (nSPS) is 16.6. The monoisotopic (exact) mass is 545 g/mol. The fourth-order valence-corrected chi connectivity index (χ4v) is 5.12. The molecule has 0 aliphatic carbocycles. The summed E-state index contributed by atoms with van der Waals surface area (Å²) in [6.45, 7) is 7.34. The molecule has 11 heteroatoms. The Hall–Kier alpha value is -3.70. The predicted octanol–water partition coefficient (Wildman–Crippen LogP) is 2.66. The minimum absolute atomic E-state index is 0.661. The van der Waals surface area contributed by atoms with E-state index in [0.29, 0.717) is 11.8 Å². The maximum Gasteiger partial charge on any atom is 0.414 e. The van der Waals surface area contributed by atoms with Gasteiger partial charge in [0.1, 0.15) is 11.5 Å². The molecule has 2 fully saturated rings. The van der Waals surface area contributed by atoms with Crippen molar-refractivity contribution in [3.8, 4) is 23.0 Å². The Morgan fingerprint density at radius 3 is 1.82 bits per heavy atom. The Morgan fingerprint density at radius 2 is 1.28 bits per heavy atom. The summed E-state index contributed by atoms with van der Waals surface area (Å²) in [4.78, 5) is 25.9. The van der Waals surface area contributed by atoms with Gasteiger partial charge in [-0.2, -0.15) is 0 Å². The number of methoxy groups -OCH3 is 4. The van der Waals surface area contributed by atoms with Gasteiger partial charge in [0.2, 0.25) is 0 Å². The number of rotatable bonds is 8. The van der Waals surface area contributed by atoms with E-state index in [1.807, 2.05) is 24.3 Å². The number of ether oxygens (including phenoxy) is 4. The van der Waals surface area contributed by atoms with Crippen molar-refractivity contribution in [1.82, 2.24) is 9.80 Å². The van der Waals surface area contributed by atoms with Crippen molar-refractivity contribution in [2.45, 2.75) is 25.4 Å². The smallest absolute Gasteiger partial charge is 0.414 e. The highest BCUT2D eigenvalue weighted by molar-refractivity contribution is 6.27. The van der Waals surface area contributed by atoms with Crippen LogP contribution in [-0.2, 0) is 16.1 Å². The van der Waals surface area contributed by atoms with Crippen molar-refractivity contribution in [3.63, 3.8) is 0 Å². The number of carboxylic acids is 2. The Kier molecular flexibility index (Phi) is 11.1. The molecule has 2 aliphatic heterocycles. The Bertz CT molecular complexity index is 1080. The van der Waals surface area contributed by atoms with Crippen LogP contribution in [0.4, 0.5) is 5.69 Å². The summed E-state index contributed by atoms with van der Waals surface area (Å²) in [6.07, 6.45) is 2.40. The quantitative estimate of drug-likeness (QED) is 0.476. The third kappa shape index (κ3) is 7.90. The Balaban J connectivity index is 0.000000631. The molecule has 0 aromatic heterocycles. The Labute approximate surface area is 229 Å². The molecule has 11 nitrogen and oxygen atoms in total. The lowest BCUT2D eigenvalue weighted by molar-refractivity contribution is -0.159. The van der Waals surface area contributed by atoms with E-state index in [0.717, 1.165) is 68.6 Å². The second-order valence-electron chi connectivity index (χ2n) is 9.33. The lowest BCUT2D eigenvalue weighted by Crippen LogP contribution is -2.53. The van der Waals surface area contributed by atoms with Gasteiger partial charge < -0.3 is 34.1 Å². The van der Waals surface area contributed by atoms with Crippen LogP contribution in [0.1, 0.15) is 18.4 Å². The van der Waals surface area contributed by atoms with E-state index in [1.54, 1.807) is 28.4 Å². The molecule has 2 heterocycles. The first-order valence-electron chi connectivity index (χ1n) is 12.9. The van der Waals surface area contributed by atoms with Crippen LogP contribution < -0.4 is 23.8 Å². The Morgan fingerprint density at radius 1 is 0.744 bits per heavy atom. The van der Waals surface area contributed by atoms with E-state index in [9.17, 15) is 0 Å². The first-order valence-corrected chi connectivity index (χ1v) is 12.9. The molecule has 0 unspecified atom stereocenters. The zero-order valence-corrected chi connectivity index (χ0v) is 23.1. The molecule has 2 aliphatic rings. The molecular weight excluding hydrogens is 506 g/mol. The number of piperidine rings is 1. The minimum Gasteiger partial charge on any atom is -0.496 e. The maximum atomic E-state index is 9.10. The standard InChI is InChI=1S/C26H37N3O4.C2H2O4/c1-30-23-8-6-5-7-22(23)29-15-13-28(14-16-29)21-9-11-27(12-10-21)19-20-17-25(32-3)26(33-4)18-24(20)31-2;3-1(4)2(5)6/h5-8,17-18,21H,9-16,19H2,1-4H3;(H,3,4)(H,5,6). The number of likely N-dealkylation sites (tertiary alicyclic amines) is 1. The molecule has 2 aromatic rings. The third-order valence-corrected chi connectivity index (χ3v) is 7.18. The van der Waals surface area contributed by atoms with Crippen molar-refractivity contribution >= 4 is 17.6 Å². The van der Waals surface area contributed by atoms with Gasteiger partial charge in [-0.25, -0.2) is 9.59 Å². The van der Waals surface area contributed by atoms with Crippen LogP contribution in [0.2, 0.25) is 0 Å². The van der Waals surface area contributed by atoms with E-state index >= 15 is 0 Å². The van der Waals surface area contributed by atoms with Crippen molar-refractivity contribution in [2.24, 2.45) is 0 Å². The number of para-hydroxylation sites is 2. The summed E-state index contributed by atoms with van der Waals surface area (Å²) in [5.41, 5.74) is 2.34. The van der Waals surface area contributed by atoms with E-state index in [-0.39, 0.29) is 0 Å². The summed E-state index contributed by atoms with van der Waals surface area (Å²) in [5.74, 6) is -0.391. The SMILES string of the molecule is COc1cc(OC)c(OC)cc1CN1CCC(N2CCN(c3ccccc3OC)CC2)CC1.O=C(O)C(=O)O. The number of piperazine rings is 1. The molecule has 0 saturated carbocycles. The lowest BCUT2D eigenvalue weighted by atomic mass is 10.0. The van der Waals surface area contributed by atoms with Gasteiger partial charge in [0.25, 0.3) is 0 Å². The molecule has 214 valence electrons. The number of aliphatic carboxylic acids is 2. The minimum atomic E-state index is -1.82. The topological polar surface area (TPSA) is 121 Å². The fourth-order valence-electron chi connectivity index (χ4n) is 5.12. The highest BCUT2D eigenvalue weighted by atomic mass is 16.5. The second-order valence-corrected chi connectivity index (χ2v) is 9.33. The number of hydrogen-bond donors (Lipinski definition) is 2. The molecule has 39 heavy (non-hydrogen) atoms. The van der Waals surface area contributed by atoms with E-state index < -0.39 is 11.9 Å². The van der Waals surface area contributed by atoms with Crippen molar-refractivity contribution in [2.75, 3.05) is 72.6 Å². The van der Waals surface area contributed by atoms with Gasteiger partial charge in [-0.15, -0.1) is 0 Å². The average Bonchev–Trinajstić information content (AvgIpc) is 2.97. The van der Waals surface area contributed by atoms with Crippen molar-refractivity contribution < 1.29 is 38.7 Å². The third-order valence-electron chi connectivity index (χ3n) is 7.18. The van der Waals surface area contributed by atoms with Crippen LogP contribution in [-0.4, -0.2) is 106 Å². The average molecular weight is 546 g/mol. The molecule has 0 spiro atoms. The molecule has 0 bridgehead atoms. The summed E-state index contributed by atoms with van der Waals surface area (Å²) in [7, 11) is 6.78. The second kappa shape index (κ2) is 14.5. The van der Waals surface area contributed by atoms with Gasteiger partial charge in [-0.3, -0.25) is 9.80 Å². The zero-order valence-electron chi connectivity index (χ0n) is 23.1. The van der Waals surface area contributed by atoms with E-state index in [2.05, 4.69) is 26.8 Å². The molecule has 2 N–H and O–H groups in total. The number of nitrogens with zero attached hydrogens (tertiary/aromatic N) is 3. The number of carboxylic acid groups (broad SMARTS) is 2. The van der Waals surface area contributed by atoms with Crippen molar-refractivity contribution in [3.05, 3.63) is 42.0 Å². The van der Waals surface area contributed by atoms with Crippen LogP contribution in [0.5, 0.6) is 23.0 Å². The van der Waals surface area contributed by atoms with Crippen LogP contribution in [0, 0.1) is 0 Å². The van der Waals surface area contributed by atoms with Crippen LogP contribution >= 0.6 is 0 Å².